The first-order chi connectivity index (χ1) is 10.9. The molecule has 1 aromatic rings. The normalized spacial score (nSPS) is 30.6. The summed E-state index contributed by atoms with van der Waals surface area (Å²) in [7, 11) is 1.53. The van der Waals surface area contributed by atoms with Gasteiger partial charge < -0.3 is 0 Å². The number of carbonyl (C=O) groups is 1. The van der Waals surface area contributed by atoms with Gasteiger partial charge in [-0.05, 0) is 5.56 Å². The zero-order valence-corrected chi connectivity index (χ0v) is 13.6. The summed E-state index contributed by atoms with van der Waals surface area (Å²) in [6.45, 7) is 4.02. The molecule has 2 aliphatic carbocycles. The summed E-state index contributed by atoms with van der Waals surface area (Å²) in [6.07, 6.45) is 1.52. The average molecular weight is 307 g/mol. The van der Waals surface area contributed by atoms with Crippen LogP contribution in [0.4, 0.5) is 0 Å². The summed E-state index contributed by atoms with van der Waals surface area (Å²) >= 11 is 0. The summed E-state index contributed by atoms with van der Waals surface area (Å²) in [5, 5.41) is 19.5. The average Bonchev–Trinajstić information content (AvgIpc) is 3.16. The summed E-state index contributed by atoms with van der Waals surface area (Å²) in [4.78, 5) is 13.1. The number of benzene rings is 1. The van der Waals surface area contributed by atoms with Gasteiger partial charge in [-0.15, -0.1) is 0 Å². The van der Waals surface area contributed by atoms with E-state index in [-0.39, 0.29) is 11.2 Å². The zero-order valence-electron chi connectivity index (χ0n) is 13.6. The Hall–Kier alpha value is -2.30. The molecule has 4 heteroatoms. The van der Waals surface area contributed by atoms with Crippen molar-refractivity contribution in [1.29, 1.82) is 10.5 Å². The lowest BCUT2D eigenvalue weighted by molar-refractivity contribution is -0.133. The van der Waals surface area contributed by atoms with E-state index < -0.39 is 16.7 Å². The summed E-state index contributed by atoms with van der Waals surface area (Å²) in [5.41, 5.74) is -1.86. The van der Waals surface area contributed by atoms with Crippen LogP contribution in [0.15, 0.2) is 30.3 Å². The fourth-order valence-electron chi connectivity index (χ4n) is 4.31. The number of ether oxygens (including phenoxy) is 1. The Morgan fingerprint density at radius 2 is 1.83 bits per heavy atom. The summed E-state index contributed by atoms with van der Waals surface area (Å²) in [6, 6.07) is 13.7. The van der Waals surface area contributed by atoms with Gasteiger partial charge in [0, 0.05) is 11.8 Å². The van der Waals surface area contributed by atoms with E-state index >= 15 is 0 Å². The lowest BCUT2D eigenvalue weighted by atomic mass is 9.66. The molecule has 0 aliphatic heterocycles. The van der Waals surface area contributed by atoms with Crippen LogP contribution < -0.4 is 0 Å². The van der Waals surface area contributed by atoms with Crippen molar-refractivity contribution in [2.24, 2.45) is 16.2 Å². The minimum atomic E-state index is -1.37. The Morgan fingerprint density at radius 3 is 2.35 bits per heavy atom. The SMILES string of the molecule is CO[C+]1CC(C)(C)CC(=O)C12C(c1ccccc1)C2(C#N)C#N. The third kappa shape index (κ3) is 1.79. The van der Waals surface area contributed by atoms with Gasteiger partial charge in [0.15, 0.2) is 5.78 Å². The number of nitrogens with zero attached hydrogens (tertiary/aromatic N) is 2. The third-order valence-corrected chi connectivity index (χ3v) is 5.29. The predicted molar refractivity (Wildman–Crippen MR) is 83.5 cm³/mol. The van der Waals surface area contributed by atoms with Crippen molar-refractivity contribution in [2.45, 2.75) is 32.6 Å². The van der Waals surface area contributed by atoms with E-state index in [0.29, 0.717) is 18.9 Å². The van der Waals surface area contributed by atoms with E-state index in [1.165, 1.54) is 7.11 Å². The van der Waals surface area contributed by atoms with Crippen molar-refractivity contribution >= 4 is 5.78 Å². The highest BCUT2D eigenvalue weighted by atomic mass is 16.5. The largest absolute Gasteiger partial charge is 0.294 e. The van der Waals surface area contributed by atoms with Crippen LogP contribution in [0.2, 0.25) is 0 Å². The molecule has 0 N–H and O–H groups in total. The number of ketones is 1. The lowest BCUT2D eigenvalue weighted by Crippen LogP contribution is -2.41. The number of Topliss-reactive ketones (excluding diaryl/α,β-unsaturated/α-hetero) is 1. The molecule has 0 heterocycles. The molecule has 4 nitrogen and oxygen atoms in total. The van der Waals surface area contributed by atoms with E-state index in [4.69, 9.17) is 4.74 Å². The molecular formula is C19H19N2O2+. The first-order valence-corrected chi connectivity index (χ1v) is 7.70. The number of hydrogen-bond donors (Lipinski definition) is 0. The Labute approximate surface area is 136 Å². The molecule has 1 aromatic carbocycles. The maximum atomic E-state index is 13.1. The van der Waals surface area contributed by atoms with Crippen LogP contribution in [0.3, 0.4) is 0 Å². The minimum Gasteiger partial charge on any atom is -0.294 e. The highest BCUT2D eigenvalue weighted by molar-refractivity contribution is 5.97. The Balaban J connectivity index is 2.17. The van der Waals surface area contributed by atoms with Crippen LogP contribution in [0.25, 0.3) is 0 Å². The first-order valence-electron chi connectivity index (χ1n) is 7.70. The van der Waals surface area contributed by atoms with Gasteiger partial charge in [0.25, 0.3) is 6.10 Å². The fourth-order valence-corrected chi connectivity index (χ4v) is 4.31. The molecule has 0 aromatic heterocycles. The molecule has 2 aliphatic rings. The van der Waals surface area contributed by atoms with Gasteiger partial charge in [-0.1, -0.05) is 44.2 Å². The van der Waals surface area contributed by atoms with E-state index in [1.807, 2.05) is 44.2 Å². The van der Waals surface area contributed by atoms with Gasteiger partial charge in [0.1, 0.15) is 6.42 Å². The standard InChI is InChI=1S/C19H19N2O2/c1-17(2)9-14(22)19(15(10-17)23-3)16(18(19,11-20)12-21)13-7-5-4-6-8-13/h4-8,16H,9-10H2,1-3H3/q+1. The van der Waals surface area contributed by atoms with Gasteiger partial charge in [-0.25, -0.2) is 0 Å². The van der Waals surface area contributed by atoms with Crippen molar-refractivity contribution in [1.82, 2.24) is 0 Å². The maximum absolute atomic E-state index is 13.1. The van der Waals surface area contributed by atoms with Gasteiger partial charge in [-0.2, -0.15) is 15.3 Å². The maximum Gasteiger partial charge on any atom is 0.258 e. The monoisotopic (exact) mass is 307 g/mol. The van der Waals surface area contributed by atoms with Gasteiger partial charge in [0.2, 0.25) is 10.8 Å². The summed E-state index contributed by atoms with van der Waals surface area (Å²) in [5.74, 6) is -0.507. The zero-order chi connectivity index (χ0) is 16.9. The molecule has 23 heavy (non-hydrogen) atoms. The molecular weight excluding hydrogens is 288 g/mol. The van der Waals surface area contributed by atoms with E-state index in [9.17, 15) is 15.3 Å². The molecule has 0 radical (unpaired) electrons. The van der Waals surface area contributed by atoms with E-state index in [1.54, 1.807) is 0 Å². The molecule has 1 spiro atoms. The second-order valence-electron chi connectivity index (χ2n) is 7.25. The molecule has 0 saturated heterocycles. The van der Waals surface area contributed by atoms with Crippen LogP contribution in [0.5, 0.6) is 0 Å². The highest BCUT2D eigenvalue weighted by Gasteiger charge is 2.94. The van der Waals surface area contributed by atoms with Crippen molar-refractivity contribution in [3.8, 4) is 12.1 Å². The minimum absolute atomic E-state index is 0.0532. The number of rotatable bonds is 2. The van der Waals surface area contributed by atoms with Crippen molar-refractivity contribution in [3.05, 3.63) is 42.0 Å². The van der Waals surface area contributed by atoms with Crippen molar-refractivity contribution in [3.63, 3.8) is 0 Å². The highest BCUT2D eigenvalue weighted by Crippen LogP contribution is 2.80. The predicted octanol–water partition coefficient (Wildman–Crippen LogP) is 3.37. The molecule has 0 amide bonds. The second kappa shape index (κ2) is 4.85. The topological polar surface area (TPSA) is 73.9 Å². The first kappa shape index (κ1) is 15.6. The molecule has 2 fully saturated rings. The van der Waals surface area contributed by atoms with Crippen LogP contribution in [0, 0.1) is 45.0 Å². The third-order valence-electron chi connectivity index (χ3n) is 5.29. The molecule has 2 saturated carbocycles. The molecule has 3 rings (SSSR count). The molecule has 2 unspecified atom stereocenters. The van der Waals surface area contributed by atoms with Gasteiger partial charge >= 0.3 is 0 Å². The van der Waals surface area contributed by atoms with Crippen LogP contribution in [0.1, 0.15) is 38.2 Å². The van der Waals surface area contributed by atoms with Crippen molar-refractivity contribution < 1.29 is 9.53 Å². The number of carbonyl (C=O) groups excluding carboxylic acids is 1. The number of nitriles is 2. The summed E-state index contributed by atoms with van der Waals surface area (Å²) < 4.78 is 5.58. The van der Waals surface area contributed by atoms with Gasteiger partial charge in [-0.3, -0.25) is 4.79 Å². The number of hydrogen-bond acceptors (Lipinski definition) is 4. The Morgan fingerprint density at radius 1 is 1.22 bits per heavy atom. The number of methoxy groups -OCH3 is 1. The van der Waals surface area contributed by atoms with E-state index in [0.717, 1.165) is 5.56 Å². The Kier molecular flexibility index (Phi) is 3.29. The quantitative estimate of drug-likeness (QED) is 0.785. The van der Waals surface area contributed by atoms with Crippen LogP contribution in [-0.2, 0) is 9.53 Å². The smallest absolute Gasteiger partial charge is 0.258 e. The molecule has 116 valence electrons. The Bertz CT molecular complexity index is 712. The van der Waals surface area contributed by atoms with Gasteiger partial charge in [0.05, 0.1) is 25.2 Å². The van der Waals surface area contributed by atoms with Crippen LogP contribution in [-0.4, -0.2) is 12.9 Å². The fraction of sp³-hybridized carbons (Fsp3) is 0.474. The van der Waals surface area contributed by atoms with Crippen LogP contribution >= 0.6 is 0 Å². The van der Waals surface area contributed by atoms with E-state index in [2.05, 4.69) is 12.1 Å². The second-order valence-corrected chi connectivity index (χ2v) is 7.25. The molecule has 0 bridgehead atoms. The van der Waals surface area contributed by atoms with Crippen molar-refractivity contribution in [2.75, 3.05) is 7.11 Å². The molecule has 2 atom stereocenters. The lowest BCUT2D eigenvalue weighted by Gasteiger charge is -2.31.